The van der Waals surface area contributed by atoms with Crippen LogP contribution in [0.3, 0.4) is 0 Å². The zero-order valence-electron chi connectivity index (χ0n) is 8.34. The maximum absolute atomic E-state index is 10.9. The van der Waals surface area contributed by atoms with E-state index in [-0.39, 0.29) is 11.5 Å². The molecule has 0 radical (unpaired) electrons. The van der Waals surface area contributed by atoms with E-state index < -0.39 is 0 Å². The van der Waals surface area contributed by atoms with Gasteiger partial charge in [-0.3, -0.25) is 4.79 Å². The molecule has 5 heteroatoms. The summed E-state index contributed by atoms with van der Waals surface area (Å²) in [6.07, 6.45) is 0.678. The maximum Gasteiger partial charge on any atom is 0.214 e. The Morgan fingerprint density at radius 3 is 2.80 bits per heavy atom. The number of rotatable bonds is 5. The van der Waals surface area contributed by atoms with Gasteiger partial charge in [-0.2, -0.15) is 0 Å². The lowest BCUT2D eigenvalue weighted by Gasteiger charge is -2.18. The standard InChI is InChI=1S/C10H12N2O2S/c1-14-9-5-3-2-4-8(9)12(7-13)6-10(11)15/h2-5,7H,6H2,1H3,(H2,11,15). The molecule has 0 fully saturated rings. The van der Waals surface area contributed by atoms with Crippen molar-refractivity contribution in [3.63, 3.8) is 0 Å². The molecule has 1 aromatic rings. The third-order valence-electron chi connectivity index (χ3n) is 1.85. The highest BCUT2D eigenvalue weighted by Crippen LogP contribution is 2.26. The van der Waals surface area contributed by atoms with Gasteiger partial charge in [0.1, 0.15) is 5.75 Å². The van der Waals surface area contributed by atoms with Crippen LogP contribution >= 0.6 is 12.2 Å². The number of amides is 1. The average molecular weight is 224 g/mol. The van der Waals surface area contributed by atoms with Crippen LogP contribution in [0.2, 0.25) is 0 Å². The smallest absolute Gasteiger partial charge is 0.214 e. The fourth-order valence-corrected chi connectivity index (χ4v) is 1.35. The summed E-state index contributed by atoms with van der Waals surface area (Å²) in [4.78, 5) is 12.5. The second kappa shape index (κ2) is 5.31. The first-order chi connectivity index (χ1) is 7.19. The van der Waals surface area contributed by atoms with E-state index in [0.29, 0.717) is 17.8 Å². The average Bonchev–Trinajstić information content (AvgIpc) is 2.25. The molecule has 0 saturated carbocycles. The number of methoxy groups -OCH3 is 1. The molecule has 1 rings (SSSR count). The Morgan fingerprint density at radius 2 is 2.27 bits per heavy atom. The summed E-state index contributed by atoms with van der Waals surface area (Å²) in [6.45, 7) is 0.208. The quantitative estimate of drug-likeness (QED) is 0.597. The van der Waals surface area contributed by atoms with E-state index in [1.807, 2.05) is 12.1 Å². The molecule has 0 aliphatic rings. The van der Waals surface area contributed by atoms with Crippen LogP contribution in [0.15, 0.2) is 24.3 Å². The second-order valence-corrected chi connectivity index (χ2v) is 3.40. The molecule has 15 heavy (non-hydrogen) atoms. The van der Waals surface area contributed by atoms with Crippen LogP contribution in [0.5, 0.6) is 5.75 Å². The number of carbonyl (C=O) groups is 1. The minimum Gasteiger partial charge on any atom is -0.495 e. The molecule has 0 aliphatic heterocycles. The first-order valence-electron chi connectivity index (χ1n) is 4.32. The highest BCUT2D eigenvalue weighted by molar-refractivity contribution is 7.80. The summed E-state index contributed by atoms with van der Waals surface area (Å²) in [7, 11) is 1.54. The molecule has 1 amide bonds. The summed E-state index contributed by atoms with van der Waals surface area (Å²) in [5.41, 5.74) is 6.04. The lowest BCUT2D eigenvalue weighted by molar-refractivity contribution is -0.107. The summed E-state index contributed by atoms with van der Waals surface area (Å²) in [5, 5.41) is 0. The monoisotopic (exact) mass is 224 g/mol. The number of para-hydroxylation sites is 2. The molecule has 80 valence electrons. The van der Waals surface area contributed by atoms with Crippen LogP contribution in [-0.2, 0) is 4.79 Å². The lowest BCUT2D eigenvalue weighted by Crippen LogP contribution is -2.31. The van der Waals surface area contributed by atoms with E-state index in [4.69, 9.17) is 22.7 Å². The maximum atomic E-state index is 10.9. The van der Waals surface area contributed by atoms with E-state index >= 15 is 0 Å². The number of nitrogens with zero attached hydrogens (tertiary/aromatic N) is 1. The second-order valence-electron chi connectivity index (χ2n) is 2.87. The van der Waals surface area contributed by atoms with Crippen LogP contribution < -0.4 is 15.4 Å². The Balaban J connectivity index is 3.00. The normalized spacial score (nSPS) is 9.40. The van der Waals surface area contributed by atoms with Gasteiger partial charge in [0.15, 0.2) is 0 Å². The van der Waals surface area contributed by atoms with E-state index in [1.54, 1.807) is 19.2 Å². The molecule has 0 atom stereocenters. The van der Waals surface area contributed by atoms with Crippen molar-refractivity contribution in [2.75, 3.05) is 18.6 Å². The van der Waals surface area contributed by atoms with Crippen LogP contribution in [0, 0.1) is 0 Å². The molecule has 4 nitrogen and oxygen atoms in total. The molecule has 0 heterocycles. The number of carbonyl (C=O) groups excluding carboxylic acids is 1. The minimum absolute atomic E-state index is 0.208. The number of hydrogen-bond acceptors (Lipinski definition) is 3. The molecule has 0 aliphatic carbocycles. The molecular weight excluding hydrogens is 212 g/mol. The van der Waals surface area contributed by atoms with Gasteiger partial charge in [-0.15, -0.1) is 0 Å². The molecule has 0 unspecified atom stereocenters. The molecule has 0 aromatic heterocycles. The zero-order valence-corrected chi connectivity index (χ0v) is 9.16. The third-order valence-corrected chi connectivity index (χ3v) is 1.98. The molecule has 0 spiro atoms. The predicted molar refractivity (Wildman–Crippen MR) is 63.2 cm³/mol. The molecule has 1 aromatic carbocycles. The molecule has 0 saturated heterocycles. The summed E-state index contributed by atoms with van der Waals surface area (Å²) in [5.74, 6) is 0.612. The Kier molecular flexibility index (Phi) is 4.05. The van der Waals surface area contributed by atoms with Gasteiger partial charge in [0, 0.05) is 0 Å². The lowest BCUT2D eigenvalue weighted by atomic mass is 10.2. The van der Waals surface area contributed by atoms with Crippen LogP contribution in [-0.4, -0.2) is 25.1 Å². The first kappa shape index (κ1) is 11.5. The zero-order chi connectivity index (χ0) is 11.3. The van der Waals surface area contributed by atoms with Crippen molar-refractivity contribution in [2.45, 2.75) is 0 Å². The van der Waals surface area contributed by atoms with Crippen LogP contribution in [0.25, 0.3) is 0 Å². The van der Waals surface area contributed by atoms with Crippen molar-refractivity contribution in [1.82, 2.24) is 0 Å². The Labute approximate surface area is 93.6 Å². The number of nitrogens with two attached hydrogens (primary N) is 1. The van der Waals surface area contributed by atoms with E-state index in [1.165, 1.54) is 4.90 Å². The summed E-state index contributed by atoms with van der Waals surface area (Å²) < 4.78 is 5.13. The number of hydrogen-bond donors (Lipinski definition) is 1. The first-order valence-corrected chi connectivity index (χ1v) is 4.73. The number of thiocarbonyl (C=S) groups is 1. The van der Waals surface area contributed by atoms with Gasteiger partial charge in [-0.1, -0.05) is 24.4 Å². The largest absolute Gasteiger partial charge is 0.495 e. The summed E-state index contributed by atoms with van der Waals surface area (Å²) >= 11 is 4.75. The Bertz CT molecular complexity index is 368. The molecule has 2 N–H and O–H groups in total. The number of anilines is 1. The van der Waals surface area contributed by atoms with Gasteiger partial charge >= 0.3 is 0 Å². The van der Waals surface area contributed by atoms with Crippen molar-refractivity contribution in [1.29, 1.82) is 0 Å². The molecular formula is C10H12N2O2S. The van der Waals surface area contributed by atoms with Gasteiger partial charge in [-0.05, 0) is 12.1 Å². The highest BCUT2D eigenvalue weighted by Gasteiger charge is 2.10. The van der Waals surface area contributed by atoms with E-state index in [0.717, 1.165) is 0 Å². The van der Waals surface area contributed by atoms with Crippen molar-refractivity contribution >= 4 is 29.3 Å². The number of ether oxygens (including phenoxy) is 1. The van der Waals surface area contributed by atoms with Crippen molar-refractivity contribution in [3.8, 4) is 5.75 Å². The Morgan fingerprint density at radius 1 is 1.60 bits per heavy atom. The SMILES string of the molecule is COc1ccccc1N(C=O)CC(N)=S. The Hall–Kier alpha value is -1.62. The fraction of sp³-hybridized carbons (Fsp3) is 0.200. The van der Waals surface area contributed by atoms with Crippen LogP contribution in [0.4, 0.5) is 5.69 Å². The molecule has 0 bridgehead atoms. The van der Waals surface area contributed by atoms with Crippen molar-refractivity contribution in [2.24, 2.45) is 5.73 Å². The topological polar surface area (TPSA) is 55.6 Å². The van der Waals surface area contributed by atoms with Gasteiger partial charge in [0.25, 0.3) is 0 Å². The highest BCUT2D eigenvalue weighted by atomic mass is 32.1. The summed E-state index contributed by atoms with van der Waals surface area (Å²) in [6, 6.07) is 7.18. The fourth-order valence-electron chi connectivity index (χ4n) is 1.21. The van der Waals surface area contributed by atoms with Gasteiger partial charge in [0.05, 0.1) is 24.3 Å². The van der Waals surface area contributed by atoms with Gasteiger partial charge < -0.3 is 15.4 Å². The van der Waals surface area contributed by atoms with E-state index in [9.17, 15) is 4.79 Å². The van der Waals surface area contributed by atoms with Crippen molar-refractivity contribution < 1.29 is 9.53 Å². The number of benzene rings is 1. The van der Waals surface area contributed by atoms with E-state index in [2.05, 4.69) is 0 Å². The van der Waals surface area contributed by atoms with Crippen molar-refractivity contribution in [3.05, 3.63) is 24.3 Å². The minimum atomic E-state index is 0.208. The van der Waals surface area contributed by atoms with Gasteiger partial charge in [-0.25, -0.2) is 0 Å². The third kappa shape index (κ3) is 2.92. The van der Waals surface area contributed by atoms with Crippen LogP contribution in [0.1, 0.15) is 0 Å². The van der Waals surface area contributed by atoms with Gasteiger partial charge in [0.2, 0.25) is 6.41 Å². The predicted octanol–water partition coefficient (Wildman–Crippen LogP) is 0.944.